The maximum atomic E-state index is 13.1. The largest absolute Gasteiger partial charge is 0.340 e. The highest BCUT2D eigenvalue weighted by molar-refractivity contribution is 7.90. The number of hydrogen-bond acceptors (Lipinski definition) is 5. The Balaban J connectivity index is 1.98. The molecule has 1 N–H and O–H groups in total. The second kappa shape index (κ2) is 10.4. The molecule has 2 unspecified atom stereocenters. The second-order valence-electron chi connectivity index (χ2n) is 7.64. The quantitative estimate of drug-likeness (QED) is 0.660. The number of benzene rings is 1. The fraction of sp³-hybridized carbons (Fsp3) is 0.600. The lowest BCUT2D eigenvalue weighted by molar-refractivity contribution is -0.136. The van der Waals surface area contributed by atoms with Gasteiger partial charge in [0, 0.05) is 49.6 Å². The van der Waals surface area contributed by atoms with Gasteiger partial charge in [-0.2, -0.15) is 0 Å². The molecule has 29 heavy (non-hydrogen) atoms. The molecule has 2 rings (SSSR count). The number of piperazine rings is 1. The number of carbonyl (C=O) groups is 2. The highest BCUT2D eigenvalue weighted by Crippen LogP contribution is 2.15. The zero-order chi connectivity index (χ0) is 21.6. The fourth-order valence-electron chi connectivity index (χ4n) is 3.19. The van der Waals surface area contributed by atoms with Gasteiger partial charge in [-0.3, -0.25) is 14.5 Å². The van der Waals surface area contributed by atoms with E-state index >= 15 is 0 Å². The molecule has 0 bridgehead atoms. The first-order chi connectivity index (χ1) is 13.6. The van der Waals surface area contributed by atoms with Crippen LogP contribution in [0.2, 0.25) is 5.02 Å². The van der Waals surface area contributed by atoms with E-state index in [2.05, 4.69) is 10.2 Å². The van der Waals surface area contributed by atoms with Crippen LogP contribution in [0.3, 0.4) is 0 Å². The third kappa shape index (κ3) is 7.28. The lowest BCUT2D eigenvalue weighted by Gasteiger charge is -2.37. The molecule has 0 spiro atoms. The third-order valence-corrected chi connectivity index (χ3v) is 6.51. The summed E-state index contributed by atoms with van der Waals surface area (Å²) in [5.74, 6) is -0.285. The second-order valence-corrected chi connectivity index (χ2v) is 10.3. The Bertz CT molecular complexity index is 806. The van der Waals surface area contributed by atoms with E-state index in [0.29, 0.717) is 43.3 Å². The van der Waals surface area contributed by atoms with Gasteiger partial charge in [0.1, 0.15) is 15.9 Å². The van der Waals surface area contributed by atoms with E-state index in [-0.39, 0.29) is 23.5 Å². The zero-order valence-electron chi connectivity index (χ0n) is 17.2. The molecule has 1 aromatic carbocycles. The molecule has 162 valence electrons. The minimum absolute atomic E-state index is 0.0120. The van der Waals surface area contributed by atoms with Crippen LogP contribution in [-0.2, 0) is 14.6 Å². The van der Waals surface area contributed by atoms with E-state index in [0.717, 1.165) is 6.42 Å². The van der Waals surface area contributed by atoms with Crippen LogP contribution in [0, 0.1) is 5.92 Å². The van der Waals surface area contributed by atoms with Crippen LogP contribution < -0.4 is 5.32 Å². The molecule has 2 amide bonds. The molecule has 1 fully saturated rings. The monoisotopic (exact) mass is 443 g/mol. The summed E-state index contributed by atoms with van der Waals surface area (Å²) in [5, 5.41) is 3.44. The van der Waals surface area contributed by atoms with Gasteiger partial charge in [0.25, 0.3) is 5.91 Å². The third-order valence-electron chi connectivity index (χ3n) is 5.33. The van der Waals surface area contributed by atoms with Crippen molar-refractivity contribution in [2.45, 2.75) is 26.3 Å². The van der Waals surface area contributed by atoms with E-state index in [9.17, 15) is 18.0 Å². The number of amides is 2. The van der Waals surface area contributed by atoms with Gasteiger partial charge in [0.15, 0.2) is 0 Å². The summed E-state index contributed by atoms with van der Waals surface area (Å²) >= 11 is 5.88. The number of nitrogens with zero attached hydrogens (tertiary/aromatic N) is 2. The molecule has 1 aliphatic rings. The zero-order valence-corrected chi connectivity index (χ0v) is 18.8. The standard InChI is InChI=1S/C20H30ClN3O4S/c1-4-15(2)18(22-19(25)16-5-7-17(21)8-6-16)20(26)24-11-9-23(10-12-24)13-14-29(3,27)28/h5-8,15,18H,4,9-14H2,1-3H3,(H,22,25). The van der Waals surface area contributed by atoms with Gasteiger partial charge >= 0.3 is 0 Å². The van der Waals surface area contributed by atoms with Gasteiger partial charge in [-0.25, -0.2) is 8.42 Å². The van der Waals surface area contributed by atoms with Crippen LogP contribution in [0.4, 0.5) is 0 Å². The Labute approximate surface area is 178 Å². The Morgan fingerprint density at radius 3 is 2.24 bits per heavy atom. The summed E-state index contributed by atoms with van der Waals surface area (Å²) in [5.41, 5.74) is 0.459. The van der Waals surface area contributed by atoms with Gasteiger partial charge in [0.05, 0.1) is 5.75 Å². The number of carbonyl (C=O) groups excluding carboxylic acids is 2. The molecular formula is C20H30ClN3O4S. The Morgan fingerprint density at radius 2 is 1.72 bits per heavy atom. The Morgan fingerprint density at radius 1 is 1.14 bits per heavy atom. The van der Waals surface area contributed by atoms with Crippen LogP contribution in [0.1, 0.15) is 30.6 Å². The minimum Gasteiger partial charge on any atom is -0.340 e. The van der Waals surface area contributed by atoms with E-state index in [4.69, 9.17) is 11.6 Å². The molecule has 1 saturated heterocycles. The highest BCUT2D eigenvalue weighted by Gasteiger charge is 2.32. The van der Waals surface area contributed by atoms with Crippen molar-refractivity contribution in [1.82, 2.24) is 15.1 Å². The lowest BCUT2D eigenvalue weighted by Crippen LogP contribution is -2.57. The normalized spacial score (nSPS) is 17.6. The molecule has 1 aromatic rings. The maximum Gasteiger partial charge on any atom is 0.251 e. The maximum absolute atomic E-state index is 13.1. The van der Waals surface area contributed by atoms with Crippen molar-refractivity contribution in [3.8, 4) is 0 Å². The molecule has 2 atom stereocenters. The number of hydrogen-bond donors (Lipinski definition) is 1. The summed E-state index contributed by atoms with van der Waals surface area (Å²) in [6.45, 7) is 6.70. The molecule has 0 radical (unpaired) electrons. The first-order valence-electron chi connectivity index (χ1n) is 9.86. The van der Waals surface area contributed by atoms with Crippen molar-refractivity contribution in [3.05, 3.63) is 34.9 Å². The smallest absolute Gasteiger partial charge is 0.251 e. The predicted octanol–water partition coefficient (Wildman–Crippen LogP) is 1.67. The number of sulfone groups is 1. The van der Waals surface area contributed by atoms with Gasteiger partial charge in [-0.1, -0.05) is 31.9 Å². The molecular weight excluding hydrogens is 414 g/mol. The van der Waals surface area contributed by atoms with Crippen molar-refractivity contribution >= 4 is 33.3 Å². The molecule has 0 saturated carbocycles. The number of nitrogens with one attached hydrogen (secondary N) is 1. The summed E-state index contributed by atoms with van der Waals surface area (Å²) in [6.07, 6.45) is 1.98. The number of rotatable bonds is 8. The first kappa shape index (κ1) is 23.6. The summed E-state index contributed by atoms with van der Waals surface area (Å²) in [4.78, 5) is 29.5. The lowest BCUT2D eigenvalue weighted by atomic mass is 9.97. The van der Waals surface area contributed by atoms with Crippen LogP contribution in [-0.4, -0.2) is 80.8 Å². The Kier molecular flexibility index (Phi) is 8.48. The van der Waals surface area contributed by atoms with Gasteiger partial charge in [-0.15, -0.1) is 0 Å². The van der Waals surface area contributed by atoms with Crippen LogP contribution in [0.15, 0.2) is 24.3 Å². The number of halogens is 1. The molecule has 9 heteroatoms. The van der Waals surface area contributed by atoms with E-state index < -0.39 is 15.9 Å². The van der Waals surface area contributed by atoms with Crippen molar-refractivity contribution in [1.29, 1.82) is 0 Å². The van der Waals surface area contributed by atoms with Crippen molar-refractivity contribution < 1.29 is 18.0 Å². The average molecular weight is 444 g/mol. The topological polar surface area (TPSA) is 86.8 Å². The molecule has 0 aromatic heterocycles. The SMILES string of the molecule is CCC(C)C(NC(=O)c1ccc(Cl)cc1)C(=O)N1CCN(CCS(C)(=O)=O)CC1. The fourth-order valence-corrected chi connectivity index (χ4v) is 3.91. The first-order valence-corrected chi connectivity index (χ1v) is 12.3. The van der Waals surface area contributed by atoms with E-state index in [1.807, 2.05) is 13.8 Å². The summed E-state index contributed by atoms with van der Waals surface area (Å²) in [7, 11) is -3.00. The van der Waals surface area contributed by atoms with Gasteiger partial charge in [0.2, 0.25) is 5.91 Å². The average Bonchev–Trinajstić information content (AvgIpc) is 2.69. The van der Waals surface area contributed by atoms with Crippen molar-refractivity contribution in [2.75, 3.05) is 44.7 Å². The van der Waals surface area contributed by atoms with Crippen LogP contribution in [0.25, 0.3) is 0 Å². The summed E-state index contributed by atoms with van der Waals surface area (Å²) < 4.78 is 22.7. The molecule has 7 nitrogen and oxygen atoms in total. The van der Waals surface area contributed by atoms with Crippen LogP contribution in [0.5, 0.6) is 0 Å². The molecule has 1 aliphatic heterocycles. The highest BCUT2D eigenvalue weighted by atomic mass is 35.5. The Hall–Kier alpha value is -1.64. The summed E-state index contributed by atoms with van der Waals surface area (Å²) in [6, 6.07) is 5.96. The minimum atomic E-state index is -3.00. The van der Waals surface area contributed by atoms with E-state index in [1.54, 1.807) is 29.2 Å². The van der Waals surface area contributed by atoms with Crippen molar-refractivity contribution in [2.24, 2.45) is 5.92 Å². The molecule has 0 aliphatic carbocycles. The molecule has 1 heterocycles. The van der Waals surface area contributed by atoms with Gasteiger partial charge < -0.3 is 10.2 Å². The van der Waals surface area contributed by atoms with Crippen molar-refractivity contribution in [3.63, 3.8) is 0 Å². The predicted molar refractivity (Wildman–Crippen MR) is 115 cm³/mol. The van der Waals surface area contributed by atoms with Crippen LogP contribution >= 0.6 is 11.6 Å². The van der Waals surface area contributed by atoms with E-state index in [1.165, 1.54) is 6.26 Å². The van der Waals surface area contributed by atoms with Gasteiger partial charge in [-0.05, 0) is 30.2 Å².